The van der Waals surface area contributed by atoms with Crippen LogP contribution in [0.5, 0.6) is 0 Å². The predicted octanol–water partition coefficient (Wildman–Crippen LogP) is 6.44. The molecule has 0 saturated heterocycles. The Morgan fingerprint density at radius 2 is 1.90 bits per heavy atom. The van der Waals surface area contributed by atoms with Crippen LogP contribution in [-0.4, -0.2) is 30.3 Å². The van der Waals surface area contributed by atoms with Crippen molar-refractivity contribution in [3.63, 3.8) is 0 Å². The first-order valence-corrected chi connectivity index (χ1v) is 13.9. The number of hydrogen-bond donors (Lipinski definition) is 0. The molecular weight excluding hydrogens is 488 g/mol. The molecule has 2 atom stereocenters. The second-order valence-electron chi connectivity index (χ2n) is 11.1. The van der Waals surface area contributed by atoms with Crippen molar-refractivity contribution in [1.29, 1.82) is 5.26 Å². The van der Waals surface area contributed by atoms with Crippen molar-refractivity contribution in [1.82, 2.24) is 24.3 Å². The number of esters is 1. The van der Waals surface area contributed by atoms with Crippen molar-refractivity contribution in [3.8, 4) is 17.3 Å². The van der Waals surface area contributed by atoms with Gasteiger partial charge in [0.05, 0.1) is 36.3 Å². The first-order valence-electron chi connectivity index (χ1n) is 13.9. The molecule has 1 aromatic carbocycles. The number of aromatic nitrogens is 5. The Morgan fingerprint density at radius 3 is 2.62 bits per heavy atom. The van der Waals surface area contributed by atoms with E-state index in [0.717, 1.165) is 41.5 Å². The number of carbonyl (C=O) groups excluding carboxylic acids is 1. The lowest BCUT2D eigenvalue weighted by Crippen LogP contribution is -2.17. The summed E-state index contributed by atoms with van der Waals surface area (Å²) in [6.07, 6.45) is 13.4. The number of nitrogens with zero attached hydrogens (tertiary/aromatic N) is 6. The molecule has 0 amide bonds. The summed E-state index contributed by atoms with van der Waals surface area (Å²) in [6.45, 7) is 6.34. The van der Waals surface area contributed by atoms with E-state index in [1.165, 1.54) is 24.7 Å². The molecule has 3 aromatic heterocycles. The van der Waals surface area contributed by atoms with Crippen LogP contribution >= 0.6 is 0 Å². The van der Waals surface area contributed by atoms with Crippen molar-refractivity contribution in [3.05, 3.63) is 66.4 Å². The highest BCUT2D eigenvalue weighted by Gasteiger charge is 2.27. The highest BCUT2D eigenvalue weighted by molar-refractivity contribution is 5.90. The van der Waals surface area contributed by atoms with E-state index in [2.05, 4.69) is 47.1 Å². The lowest BCUT2D eigenvalue weighted by atomic mass is 9.96. The second kappa shape index (κ2) is 11.8. The predicted molar refractivity (Wildman–Crippen MR) is 149 cm³/mol. The number of ether oxygens (including phenoxy) is 1. The van der Waals surface area contributed by atoms with Crippen molar-refractivity contribution in [2.24, 2.45) is 11.8 Å². The lowest BCUT2D eigenvalue weighted by molar-refractivity contribution is -0.148. The van der Waals surface area contributed by atoms with Gasteiger partial charge >= 0.3 is 5.97 Å². The van der Waals surface area contributed by atoms with E-state index in [1.54, 1.807) is 0 Å². The molecule has 0 bridgehead atoms. The molecule has 1 fully saturated rings. The SMILES string of the molecule is CC(C)Cc1ccc(C(C)C(=O)OCn2ccc3c(-c4cnn([C@H](CC#N)C5CCCC5)c4)ncnc32)cc1. The third-order valence-corrected chi connectivity index (χ3v) is 7.84. The molecule has 0 spiro atoms. The third-order valence-electron chi connectivity index (χ3n) is 7.84. The summed E-state index contributed by atoms with van der Waals surface area (Å²) in [5, 5.41) is 14.9. The van der Waals surface area contributed by atoms with Crippen molar-refractivity contribution in [2.75, 3.05) is 0 Å². The van der Waals surface area contributed by atoms with E-state index in [-0.39, 0.29) is 24.7 Å². The van der Waals surface area contributed by atoms with E-state index in [1.807, 2.05) is 53.0 Å². The van der Waals surface area contributed by atoms with Crippen LogP contribution in [0.25, 0.3) is 22.3 Å². The molecule has 3 heterocycles. The van der Waals surface area contributed by atoms with Gasteiger partial charge in [-0.15, -0.1) is 0 Å². The maximum Gasteiger partial charge on any atom is 0.314 e. The summed E-state index contributed by atoms with van der Waals surface area (Å²) in [7, 11) is 0. The standard InChI is InChI=1S/C31H36N6O2/c1-21(2)16-23-8-10-24(11-9-23)22(3)31(38)39-20-36-15-13-27-29(33-19-34-30(27)36)26-17-35-37(18-26)28(12-14-32)25-6-4-5-7-25/h8-11,13,15,17-19,21-22,25,28H,4-7,12,16,20H2,1-3H3/t22?,28-/m1/s1. The Kier molecular flexibility index (Phi) is 8.06. The first kappa shape index (κ1) is 26.6. The molecule has 1 aliphatic carbocycles. The zero-order valence-electron chi connectivity index (χ0n) is 23.0. The summed E-state index contributed by atoms with van der Waals surface area (Å²) in [5.41, 5.74) is 4.56. The molecular formula is C31H36N6O2. The van der Waals surface area contributed by atoms with E-state index < -0.39 is 0 Å². The van der Waals surface area contributed by atoms with E-state index >= 15 is 0 Å². The van der Waals surface area contributed by atoms with Gasteiger partial charge in [-0.3, -0.25) is 14.0 Å². The van der Waals surface area contributed by atoms with Gasteiger partial charge in [-0.25, -0.2) is 9.97 Å². The number of benzene rings is 1. The van der Waals surface area contributed by atoms with Gasteiger partial charge < -0.3 is 4.74 Å². The molecule has 5 rings (SSSR count). The quantitative estimate of drug-likeness (QED) is 0.221. The smallest absolute Gasteiger partial charge is 0.314 e. The summed E-state index contributed by atoms with van der Waals surface area (Å²) >= 11 is 0. The van der Waals surface area contributed by atoms with E-state index in [0.29, 0.717) is 23.9 Å². The molecule has 0 N–H and O–H groups in total. The average Bonchev–Trinajstić information content (AvgIpc) is 3.71. The Balaban J connectivity index is 1.29. The molecule has 8 nitrogen and oxygen atoms in total. The Bertz CT molecular complexity index is 1460. The van der Waals surface area contributed by atoms with Crippen LogP contribution in [0, 0.1) is 23.2 Å². The van der Waals surface area contributed by atoms with E-state index in [4.69, 9.17) is 4.74 Å². The number of carbonyl (C=O) groups is 1. The van der Waals surface area contributed by atoms with Crippen LogP contribution in [0.4, 0.5) is 0 Å². The molecule has 1 unspecified atom stereocenters. The number of hydrogen-bond acceptors (Lipinski definition) is 6. The normalized spacial score (nSPS) is 15.5. The van der Waals surface area contributed by atoms with Gasteiger partial charge in [0.15, 0.2) is 6.73 Å². The Hall–Kier alpha value is -3.99. The zero-order chi connectivity index (χ0) is 27.4. The largest absolute Gasteiger partial charge is 0.443 e. The minimum Gasteiger partial charge on any atom is -0.443 e. The lowest BCUT2D eigenvalue weighted by Gasteiger charge is -2.21. The first-order chi connectivity index (χ1) is 18.9. The summed E-state index contributed by atoms with van der Waals surface area (Å²) in [4.78, 5) is 21.9. The molecule has 0 aliphatic heterocycles. The minimum absolute atomic E-state index is 0.0692. The van der Waals surface area contributed by atoms with Gasteiger partial charge in [-0.05, 0) is 55.2 Å². The van der Waals surface area contributed by atoms with Crippen LogP contribution < -0.4 is 0 Å². The molecule has 8 heteroatoms. The van der Waals surface area contributed by atoms with Gasteiger partial charge in [-0.2, -0.15) is 10.4 Å². The van der Waals surface area contributed by atoms with Crippen LogP contribution in [-0.2, 0) is 22.7 Å². The number of nitriles is 1. The van der Waals surface area contributed by atoms with Crippen LogP contribution in [0.3, 0.4) is 0 Å². The van der Waals surface area contributed by atoms with Gasteiger partial charge in [-0.1, -0.05) is 51.0 Å². The van der Waals surface area contributed by atoms with Crippen molar-refractivity contribution in [2.45, 2.75) is 78.0 Å². The molecule has 202 valence electrons. The van der Waals surface area contributed by atoms with Crippen LogP contribution in [0.1, 0.15) is 76.0 Å². The summed E-state index contributed by atoms with van der Waals surface area (Å²) < 4.78 is 9.45. The average molecular weight is 525 g/mol. The van der Waals surface area contributed by atoms with Crippen LogP contribution in [0.2, 0.25) is 0 Å². The summed E-state index contributed by atoms with van der Waals surface area (Å²) in [5.74, 6) is 0.433. The maximum atomic E-state index is 12.9. The fourth-order valence-corrected chi connectivity index (χ4v) is 5.70. The maximum absolute atomic E-state index is 12.9. The molecule has 0 radical (unpaired) electrons. The van der Waals surface area contributed by atoms with Crippen LogP contribution in [0.15, 0.2) is 55.2 Å². The Labute approximate surface area is 229 Å². The number of fused-ring (bicyclic) bond motifs is 1. The second-order valence-corrected chi connectivity index (χ2v) is 11.1. The molecule has 4 aromatic rings. The fourth-order valence-electron chi connectivity index (χ4n) is 5.70. The van der Waals surface area contributed by atoms with Gasteiger partial charge in [0, 0.05) is 23.3 Å². The van der Waals surface area contributed by atoms with Crippen molar-refractivity contribution >= 4 is 17.0 Å². The van der Waals surface area contributed by atoms with Crippen molar-refractivity contribution < 1.29 is 9.53 Å². The number of rotatable bonds is 10. The fraction of sp³-hybridized carbons (Fsp3) is 0.452. The van der Waals surface area contributed by atoms with Gasteiger partial charge in [0.2, 0.25) is 0 Å². The van der Waals surface area contributed by atoms with Gasteiger partial charge in [0.1, 0.15) is 12.0 Å². The molecule has 39 heavy (non-hydrogen) atoms. The topological polar surface area (TPSA) is 98.6 Å². The Morgan fingerprint density at radius 1 is 1.13 bits per heavy atom. The highest BCUT2D eigenvalue weighted by Crippen LogP contribution is 2.36. The van der Waals surface area contributed by atoms with E-state index in [9.17, 15) is 10.1 Å². The summed E-state index contributed by atoms with van der Waals surface area (Å²) in [6, 6.07) is 12.6. The third kappa shape index (κ3) is 5.88. The monoisotopic (exact) mass is 524 g/mol. The molecule has 1 aliphatic rings. The zero-order valence-corrected chi connectivity index (χ0v) is 23.0. The highest BCUT2D eigenvalue weighted by atomic mass is 16.5. The minimum atomic E-state index is -0.364. The van der Waals surface area contributed by atoms with Gasteiger partial charge in [0.25, 0.3) is 0 Å². The molecule has 1 saturated carbocycles.